The Labute approximate surface area is 208 Å². The van der Waals surface area contributed by atoms with Gasteiger partial charge < -0.3 is 14.7 Å². The van der Waals surface area contributed by atoms with Crippen molar-refractivity contribution < 1.29 is 14.6 Å². The first-order valence-electron chi connectivity index (χ1n) is 12.6. The van der Waals surface area contributed by atoms with Crippen molar-refractivity contribution in [3.8, 4) is 17.7 Å². The van der Waals surface area contributed by atoms with E-state index in [1.165, 1.54) is 18.4 Å². The molecular weight excluding hydrogens is 440 g/mol. The van der Waals surface area contributed by atoms with Crippen LogP contribution in [0.25, 0.3) is 0 Å². The van der Waals surface area contributed by atoms with E-state index in [1.807, 2.05) is 19.1 Å². The van der Waals surface area contributed by atoms with Crippen molar-refractivity contribution >= 4 is 5.91 Å². The van der Waals surface area contributed by atoms with Crippen molar-refractivity contribution in [2.45, 2.75) is 58.2 Å². The molecule has 1 aliphatic heterocycles. The highest BCUT2D eigenvalue weighted by Crippen LogP contribution is 2.28. The van der Waals surface area contributed by atoms with Crippen LogP contribution in [0.2, 0.25) is 0 Å². The number of hydrogen-bond acceptors (Lipinski definition) is 6. The van der Waals surface area contributed by atoms with Crippen molar-refractivity contribution in [1.82, 2.24) is 19.8 Å². The van der Waals surface area contributed by atoms with Crippen LogP contribution >= 0.6 is 0 Å². The van der Waals surface area contributed by atoms with E-state index in [0.717, 1.165) is 24.9 Å². The predicted molar refractivity (Wildman–Crippen MR) is 135 cm³/mol. The molecule has 0 unspecified atom stereocenters. The van der Waals surface area contributed by atoms with E-state index in [4.69, 9.17) is 4.74 Å². The van der Waals surface area contributed by atoms with E-state index in [1.54, 1.807) is 29.6 Å². The molecule has 1 amide bonds. The lowest BCUT2D eigenvalue weighted by atomic mass is 9.99. The van der Waals surface area contributed by atoms with Gasteiger partial charge in [0, 0.05) is 55.6 Å². The molecule has 186 valence electrons. The van der Waals surface area contributed by atoms with Crippen LogP contribution in [0.1, 0.15) is 61.0 Å². The van der Waals surface area contributed by atoms with Gasteiger partial charge in [0.05, 0.1) is 12.6 Å². The maximum atomic E-state index is 13.5. The molecule has 3 atom stereocenters. The normalized spacial score (nSPS) is 21.5. The standard InChI is InChI=1S/C28H36N4O3/c1-20-16-32(21(2)19-33)28(34)25-14-24(9-8-22-6-4-5-7-22)15-30-27(25)35-26(20)18-31(3)17-23-10-12-29-13-11-23/h10-15,20-22,26,33H,4-7,16-19H2,1-3H3/t20-,21+,26-/m1/s1. The lowest BCUT2D eigenvalue weighted by Gasteiger charge is -2.37. The molecule has 1 aliphatic carbocycles. The summed E-state index contributed by atoms with van der Waals surface area (Å²) in [5, 5.41) is 9.86. The second-order valence-electron chi connectivity index (χ2n) is 10.0. The molecule has 4 rings (SSSR count). The summed E-state index contributed by atoms with van der Waals surface area (Å²) in [6.07, 6.45) is 9.87. The maximum Gasteiger partial charge on any atom is 0.259 e. The van der Waals surface area contributed by atoms with Crippen molar-refractivity contribution in [3.05, 3.63) is 53.5 Å². The number of rotatable bonds is 6. The van der Waals surface area contributed by atoms with Gasteiger partial charge in [-0.1, -0.05) is 31.6 Å². The van der Waals surface area contributed by atoms with Crippen LogP contribution in [-0.2, 0) is 6.54 Å². The van der Waals surface area contributed by atoms with Gasteiger partial charge in [0.1, 0.15) is 11.7 Å². The summed E-state index contributed by atoms with van der Waals surface area (Å²) in [7, 11) is 2.06. The molecule has 1 fully saturated rings. The molecule has 0 radical (unpaired) electrons. The first-order valence-corrected chi connectivity index (χ1v) is 12.6. The maximum absolute atomic E-state index is 13.5. The fourth-order valence-electron chi connectivity index (χ4n) is 4.82. The molecule has 0 spiro atoms. The number of fused-ring (bicyclic) bond motifs is 1. The summed E-state index contributed by atoms with van der Waals surface area (Å²) in [5.41, 5.74) is 2.32. The Morgan fingerprint density at radius 1 is 1.29 bits per heavy atom. The smallest absolute Gasteiger partial charge is 0.259 e. The number of carbonyl (C=O) groups excluding carboxylic acids is 1. The summed E-state index contributed by atoms with van der Waals surface area (Å²) in [5.74, 6) is 7.22. The summed E-state index contributed by atoms with van der Waals surface area (Å²) in [6, 6.07) is 5.51. The quantitative estimate of drug-likeness (QED) is 0.644. The molecule has 2 aromatic heterocycles. The Hall–Kier alpha value is -2.95. The molecular formula is C28H36N4O3. The number of pyridine rings is 2. The zero-order valence-corrected chi connectivity index (χ0v) is 21.0. The van der Waals surface area contributed by atoms with Crippen molar-refractivity contribution in [3.63, 3.8) is 0 Å². The molecule has 0 aromatic carbocycles. The van der Waals surface area contributed by atoms with Gasteiger partial charge in [-0.3, -0.25) is 14.7 Å². The molecule has 35 heavy (non-hydrogen) atoms. The molecule has 7 heteroatoms. The highest BCUT2D eigenvalue weighted by Gasteiger charge is 2.34. The molecule has 2 aromatic rings. The third kappa shape index (κ3) is 6.39. The predicted octanol–water partition coefficient (Wildman–Crippen LogP) is 3.37. The third-order valence-corrected chi connectivity index (χ3v) is 6.99. The first kappa shape index (κ1) is 25.2. The van der Waals surface area contributed by atoms with Gasteiger partial charge >= 0.3 is 0 Å². The van der Waals surface area contributed by atoms with Gasteiger partial charge in [-0.2, -0.15) is 0 Å². The van der Waals surface area contributed by atoms with Gasteiger partial charge in [-0.15, -0.1) is 0 Å². The molecule has 0 bridgehead atoms. The zero-order chi connectivity index (χ0) is 24.8. The Bertz CT molecular complexity index is 1060. The average Bonchev–Trinajstić information content (AvgIpc) is 3.39. The summed E-state index contributed by atoms with van der Waals surface area (Å²) >= 11 is 0. The van der Waals surface area contributed by atoms with Crippen LogP contribution in [0, 0.1) is 23.7 Å². The Morgan fingerprint density at radius 3 is 2.74 bits per heavy atom. The van der Waals surface area contributed by atoms with Gasteiger partial charge in [0.15, 0.2) is 0 Å². The Morgan fingerprint density at radius 2 is 2.03 bits per heavy atom. The van der Waals surface area contributed by atoms with Crippen LogP contribution in [0.4, 0.5) is 0 Å². The van der Waals surface area contributed by atoms with Crippen molar-refractivity contribution in [1.29, 1.82) is 0 Å². The van der Waals surface area contributed by atoms with E-state index in [9.17, 15) is 9.90 Å². The largest absolute Gasteiger partial charge is 0.472 e. The highest BCUT2D eigenvalue weighted by atomic mass is 16.5. The van der Waals surface area contributed by atoms with Crippen molar-refractivity contribution in [2.24, 2.45) is 11.8 Å². The van der Waals surface area contributed by atoms with Gasteiger partial charge in [-0.25, -0.2) is 4.98 Å². The molecule has 1 N–H and O–H groups in total. The highest BCUT2D eigenvalue weighted by molar-refractivity contribution is 5.97. The molecule has 0 saturated heterocycles. The average molecular weight is 477 g/mol. The second kappa shape index (κ2) is 11.7. The minimum atomic E-state index is -0.306. The van der Waals surface area contributed by atoms with Crippen LogP contribution in [0.3, 0.4) is 0 Å². The van der Waals surface area contributed by atoms with Crippen LogP contribution < -0.4 is 4.74 Å². The Kier molecular flexibility index (Phi) is 8.37. The van der Waals surface area contributed by atoms with E-state index in [-0.39, 0.29) is 30.6 Å². The summed E-state index contributed by atoms with van der Waals surface area (Å²) in [6.45, 7) is 5.78. The minimum Gasteiger partial charge on any atom is -0.472 e. The molecule has 3 heterocycles. The van der Waals surface area contributed by atoms with Gasteiger partial charge in [0.2, 0.25) is 5.88 Å². The number of aliphatic hydroxyl groups is 1. The fourth-order valence-corrected chi connectivity index (χ4v) is 4.82. The number of aromatic nitrogens is 2. The minimum absolute atomic E-state index is 0.0459. The number of amides is 1. The summed E-state index contributed by atoms with van der Waals surface area (Å²) in [4.78, 5) is 26.1. The summed E-state index contributed by atoms with van der Waals surface area (Å²) < 4.78 is 6.40. The third-order valence-electron chi connectivity index (χ3n) is 6.99. The lowest BCUT2D eigenvalue weighted by molar-refractivity contribution is 0.0325. The van der Waals surface area contributed by atoms with Crippen LogP contribution in [0.5, 0.6) is 5.88 Å². The van der Waals surface area contributed by atoms with Crippen molar-refractivity contribution in [2.75, 3.05) is 26.7 Å². The van der Waals surface area contributed by atoms with E-state index in [2.05, 4.69) is 40.7 Å². The second-order valence-corrected chi connectivity index (χ2v) is 10.0. The van der Waals surface area contributed by atoms with E-state index < -0.39 is 0 Å². The number of nitrogens with zero attached hydrogens (tertiary/aromatic N) is 4. The topological polar surface area (TPSA) is 78.8 Å². The molecule has 7 nitrogen and oxygen atoms in total. The number of carbonyl (C=O) groups is 1. The fraction of sp³-hybridized carbons (Fsp3) is 0.536. The zero-order valence-electron chi connectivity index (χ0n) is 21.0. The van der Waals surface area contributed by atoms with E-state index >= 15 is 0 Å². The first-order chi connectivity index (χ1) is 16.9. The molecule has 2 aliphatic rings. The van der Waals surface area contributed by atoms with Gasteiger partial charge in [-0.05, 0) is 50.6 Å². The monoisotopic (exact) mass is 476 g/mol. The Balaban J connectivity index is 1.60. The number of hydrogen-bond donors (Lipinski definition) is 1. The van der Waals surface area contributed by atoms with E-state index in [0.29, 0.717) is 30.5 Å². The number of likely N-dealkylation sites (N-methyl/N-ethyl adjacent to an activating group) is 1. The number of aliphatic hydroxyl groups excluding tert-OH is 1. The van der Waals surface area contributed by atoms with Gasteiger partial charge in [0.25, 0.3) is 5.91 Å². The number of ether oxygens (including phenoxy) is 1. The van der Waals surface area contributed by atoms with Crippen LogP contribution in [0.15, 0.2) is 36.8 Å². The molecule has 1 saturated carbocycles. The van der Waals surface area contributed by atoms with Crippen LogP contribution in [-0.4, -0.2) is 69.7 Å². The SMILES string of the molecule is C[C@@H]1CN([C@@H](C)CO)C(=O)c2cc(C#CC3CCCC3)cnc2O[C@@H]1CN(C)Cc1ccncc1. The lowest BCUT2D eigenvalue weighted by Crippen LogP contribution is -2.49.